The van der Waals surface area contributed by atoms with E-state index in [2.05, 4.69) is 30.3 Å². The van der Waals surface area contributed by atoms with Crippen LogP contribution in [0.1, 0.15) is 26.3 Å². The van der Waals surface area contributed by atoms with Crippen LogP contribution in [-0.2, 0) is 4.74 Å². The maximum absolute atomic E-state index is 12.5. The molecular weight excluding hydrogens is 522 g/mol. The number of anilines is 3. The number of aromatic nitrogens is 6. The van der Waals surface area contributed by atoms with Gasteiger partial charge in [0.25, 0.3) is 0 Å². The lowest BCUT2D eigenvalue weighted by Gasteiger charge is -2.36. The zero-order chi connectivity index (χ0) is 28.6. The number of piperazine rings is 1. The number of amides is 1. The summed E-state index contributed by atoms with van der Waals surface area (Å²) in [4.78, 5) is 34.3. The van der Waals surface area contributed by atoms with Gasteiger partial charge in [-0.05, 0) is 69.7 Å². The smallest absolute Gasteiger partial charge is 0.410 e. The average Bonchev–Trinajstić information content (AvgIpc) is 3.42. The van der Waals surface area contributed by atoms with Gasteiger partial charge in [-0.3, -0.25) is 0 Å². The molecule has 1 saturated heterocycles. The Morgan fingerprint density at radius 2 is 1.78 bits per heavy atom. The van der Waals surface area contributed by atoms with Gasteiger partial charge in [-0.25, -0.2) is 29.2 Å². The lowest BCUT2D eigenvalue weighted by molar-refractivity contribution is 0.0240. The topological polar surface area (TPSA) is 123 Å². The van der Waals surface area contributed by atoms with E-state index in [9.17, 15) is 4.79 Å². The number of fused-ring (bicyclic) bond motifs is 2. The fraction of sp³-hybridized carbons (Fsp3) is 0.310. The number of rotatable bonds is 5. The molecule has 12 nitrogen and oxygen atoms in total. The Bertz CT molecular complexity index is 1720. The second-order valence-corrected chi connectivity index (χ2v) is 10.8. The van der Waals surface area contributed by atoms with Crippen molar-refractivity contribution < 1.29 is 14.3 Å². The molecule has 1 N–H and O–H groups in total. The lowest BCUT2D eigenvalue weighted by Crippen LogP contribution is -2.50. The zero-order valence-corrected chi connectivity index (χ0v) is 23.4. The number of hydrogen-bond acceptors (Lipinski definition) is 10. The Morgan fingerprint density at radius 3 is 2.56 bits per heavy atom. The third-order valence-electron chi connectivity index (χ3n) is 6.64. The van der Waals surface area contributed by atoms with Gasteiger partial charge in [0.05, 0.1) is 5.52 Å². The van der Waals surface area contributed by atoms with Crippen LogP contribution in [0.3, 0.4) is 0 Å². The SMILES string of the molecule is Cc1cc(Nc2ncnc3ccc(N4CCN(C(=O)OC(C)(C)C)CC4)nc23)ccc1Oc1ccn2ncnc2c1. The molecule has 1 aliphatic heterocycles. The van der Waals surface area contributed by atoms with Crippen LogP contribution in [0.5, 0.6) is 11.5 Å². The third kappa shape index (κ3) is 5.81. The number of carbonyl (C=O) groups is 1. The van der Waals surface area contributed by atoms with Crippen molar-refractivity contribution in [2.24, 2.45) is 0 Å². The summed E-state index contributed by atoms with van der Waals surface area (Å²) in [5, 5.41) is 7.51. The Kier molecular flexibility index (Phi) is 6.73. The number of aryl methyl sites for hydroxylation is 1. The molecule has 0 spiro atoms. The summed E-state index contributed by atoms with van der Waals surface area (Å²) < 4.78 is 13.3. The first-order chi connectivity index (χ1) is 19.7. The number of nitrogens with one attached hydrogen (secondary N) is 1. The van der Waals surface area contributed by atoms with E-state index in [1.165, 1.54) is 12.7 Å². The van der Waals surface area contributed by atoms with Crippen LogP contribution in [0.25, 0.3) is 16.7 Å². The largest absolute Gasteiger partial charge is 0.457 e. The monoisotopic (exact) mass is 553 g/mol. The van der Waals surface area contributed by atoms with Crippen molar-refractivity contribution in [1.82, 2.24) is 34.4 Å². The molecule has 210 valence electrons. The van der Waals surface area contributed by atoms with Gasteiger partial charge >= 0.3 is 6.09 Å². The van der Waals surface area contributed by atoms with E-state index in [0.29, 0.717) is 48.9 Å². The predicted octanol–water partition coefficient (Wildman–Crippen LogP) is 4.97. The molecule has 5 heterocycles. The second kappa shape index (κ2) is 10.5. The number of pyridine rings is 2. The van der Waals surface area contributed by atoms with Crippen LogP contribution in [0, 0.1) is 6.92 Å². The fourth-order valence-corrected chi connectivity index (χ4v) is 4.61. The van der Waals surface area contributed by atoms with E-state index < -0.39 is 5.60 Å². The lowest BCUT2D eigenvalue weighted by atomic mass is 10.2. The Hall–Kier alpha value is -5.00. The Labute approximate surface area is 237 Å². The van der Waals surface area contributed by atoms with Crippen LogP contribution >= 0.6 is 0 Å². The first-order valence-corrected chi connectivity index (χ1v) is 13.4. The maximum Gasteiger partial charge on any atom is 0.410 e. The molecule has 12 heteroatoms. The highest BCUT2D eigenvalue weighted by Gasteiger charge is 2.26. The maximum atomic E-state index is 12.5. The molecule has 1 fully saturated rings. The van der Waals surface area contributed by atoms with Gasteiger partial charge in [-0.15, -0.1) is 0 Å². The highest BCUT2D eigenvalue weighted by atomic mass is 16.6. The van der Waals surface area contributed by atoms with E-state index in [0.717, 1.165) is 28.3 Å². The fourth-order valence-electron chi connectivity index (χ4n) is 4.61. The number of benzene rings is 1. The summed E-state index contributed by atoms with van der Waals surface area (Å²) in [5.74, 6) is 2.83. The molecule has 5 aromatic rings. The van der Waals surface area contributed by atoms with Crippen molar-refractivity contribution in [3.05, 3.63) is 66.9 Å². The van der Waals surface area contributed by atoms with E-state index in [-0.39, 0.29) is 6.09 Å². The average molecular weight is 554 g/mol. The van der Waals surface area contributed by atoms with Gasteiger partial charge < -0.3 is 24.6 Å². The molecule has 6 rings (SSSR count). The summed E-state index contributed by atoms with van der Waals surface area (Å²) in [7, 11) is 0. The van der Waals surface area contributed by atoms with E-state index in [4.69, 9.17) is 14.5 Å². The molecule has 1 amide bonds. The molecule has 0 radical (unpaired) electrons. The second-order valence-electron chi connectivity index (χ2n) is 10.8. The third-order valence-corrected chi connectivity index (χ3v) is 6.64. The first-order valence-electron chi connectivity index (χ1n) is 13.4. The number of carbonyl (C=O) groups excluding carboxylic acids is 1. The Balaban J connectivity index is 1.17. The molecule has 0 atom stereocenters. The molecule has 1 aliphatic rings. The molecule has 1 aromatic carbocycles. The summed E-state index contributed by atoms with van der Waals surface area (Å²) in [6.07, 6.45) is 4.56. The van der Waals surface area contributed by atoms with Gasteiger partial charge in [0.1, 0.15) is 41.1 Å². The van der Waals surface area contributed by atoms with Crippen molar-refractivity contribution >= 4 is 40.1 Å². The van der Waals surface area contributed by atoms with Crippen LogP contribution < -0.4 is 15.0 Å². The molecule has 0 unspecified atom stereocenters. The summed E-state index contributed by atoms with van der Waals surface area (Å²) in [6, 6.07) is 13.4. The highest BCUT2D eigenvalue weighted by Crippen LogP contribution is 2.30. The minimum atomic E-state index is -0.517. The van der Waals surface area contributed by atoms with Crippen molar-refractivity contribution in [2.45, 2.75) is 33.3 Å². The summed E-state index contributed by atoms with van der Waals surface area (Å²) in [5.41, 5.74) is 3.40. The predicted molar refractivity (Wildman–Crippen MR) is 155 cm³/mol. The molecule has 41 heavy (non-hydrogen) atoms. The summed E-state index contributed by atoms with van der Waals surface area (Å²) in [6.45, 7) is 10.0. The number of nitrogens with zero attached hydrogens (tertiary/aromatic N) is 8. The van der Waals surface area contributed by atoms with E-state index >= 15 is 0 Å². The quantitative estimate of drug-likeness (QED) is 0.319. The highest BCUT2D eigenvalue weighted by molar-refractivity contribution is 5.88. The number of ether oxygens (including phenoxy) is 2. The van der Waals surface area contributed by atoms with Crippen LogP contribution in [-0.4, -0.2) is 72.3 Å². The van der Waals surface area contributed by atoms with E-state index in [1.807, 2.05) is 76.4 Å². The minimum Gasteiger partial charge on any atom is -0.457 e. The van der Waals surface area contributed by atoms with Gasteiger partial charge in [0, 0.05) is 44.1 Å². The molecular formula is C29H31N9O3. The van der Waals surface area contributed by atoms with Crippen LogP contribution in [0.15, 0.2) is 61.3 Å². The molecule has 0 bridgehead atoms. The van der Waals surface area contributed by atoms with Gasteiger partial charge in [-0.1, -0.05) is 0 Å². The minimum absolute atomic E-state index is 0.286. The normalized spacial score (nSPS) is 14.0. The van der Waals surface area contributed by atoms with Crippen molar-refractivity contribution in [3.8, 4) is 11.5 Å². The van der Waals surface area contributed by atoms with Crippen LogP contribution in [0.4, 0.5) is 22.1 Å². The molecule has 4 aromatic heterocycles. The van der Waals surface area contributed by atoms with E-state index in [1.54, 1.807) is 9.42 Å². The van der Waals surface area contributed by atoms with Crippen molar-refractivity contribution in [3.63, 3.8) is 0 Å². The number of hydrogen-bond donors (Lipinski definition) is 1. The molecule has 0 saturated carbocycles. The van der Waals surface area contributed by atoms with Crippen molar-refractivity contribution in [1.29, 1.82) is 0 Å². The zero-order valence-electron chi connectivity index (χ0n) is 23.4. The Morgan fingerprint density at radius 1 is 0.951 bits per heavy atom. The van der Waals surface area contributed by atoms with Gasteiger partial charge in [-0.2, -0.15) is 5.10 Å². The van der Waals surface area contributed by atoms with Crippen LogP contribution in [0.2, 0.25) is 0 Å². The molecule has 0 aliphatic carbocycles. The van der Waals surface area contributed by atoms with Crippen molar-refractivity contribution in [2.75, 3.05) is 36.4 Å². The summed E-state index contributed by atoms with van der Waals surface area (Å²) >= 11 is 0. The van der Waals surface area contributed by atoms with Gasteiger partial charge in [0.15, 0.2) is 11.5 Å². The van der Waals surface area contributed by atoms with Gasteiger partial charge in [0.2, 0.25) is 0 Å². The first kappa shape index (κ1) is 26.2. The standard InChI is InChI=1S/C29H31N9O3/c1-19-15-20(5-7-23(19)40-21-9-10-38-25(16-21)31-18-33-38)34-27-26-22(30-17-32-27)6-8-24(35-26)36-11-13-37(14-12-36)28(39)41-29(2,3)4/h5-10,15-18H,11-14H2,1-4H3,(H,30,32,34).